The average molecular weight is 221 g/mol. The summed E-state index contributed by atoms with van der Waals surface area (Å²) in [5, 5.41) is 2.94. The Labute approximate surface area is 63.7 Å². The van der Waals surface area contributed by atoms with Gasteiger partial charge < -0.3 is 5.32 Å². The molecule has 2 heteroatoms. The van der Waals surface area contributed by atoms with E-state index in [4.69, 9.17) is 6.42 Å². The fraction of sp³-hybridized carbons (Fsp3) is 0.333. The van der Waals surface area contributed by atoms with E-state index in [1.807, 2.05) is 0 Å². The second-order valence-electron chi connectivity index (χ2n) is 1.29. The zero-order valence-electron chi connectivity index (χ0n) is 4.58. The van der Waals surface area contributed by atoms with Gasteiger partial charge in [0, 0.05) is 10.1 Å². The van der Waals surface area contributed by atoms with Crippen LogP contribution in [-0.2, 0) is 0 Å². The molecule has 1 nitrogen and oxygen atoms in total. The number of hydrogen-bond donors (Lipinski definition) is 1. The molecule has 0 saturated heterocycles. The Balaban J connectivity index is 3.15. The summed E-state index contributed by atoms with van der Waals surface area (Å²) in [6, 6.07) is 0. The molecule has 0 radical (unpaired) electrons. The van der Waals surface area contributed by atoms with Crippen molar-refractivity contribution in [3.05, 3.63) is 12.3 Å². The van der Waals surface area contributed by atoms with E-state index in [9.17, 15) is 0 Å². The maximum Gasteiger partial charge on any atom is 0.0760 e. The highest BCUT2D eigenvalue weighted by Gasteiger charge is 1.82. The third-order valence-corrected chi connectivity index (χ3v) is 1.52. The van der Waals surface area contributed by atoms with E-state index in [1.165, 1.54) is 0 Å². The van der Waals surface area contributed by atoms with Crippen LogP contribution in [0.15, 0.2) is 12.3 Å². The third-order valence-electron chi connectivity index (χ3n) is 0.602. The maximum atomic E-state index is 4.98. The van der Waals surface area contributed by atoms with E-state index in [0.29, 0.717) is 6.54 Å². The zero-order valence-corrected chi connectivity index (χ0v) is 6.73. The van der Waals surface area contributed by atoms with Gasteiger partial charge in [-0.15, -0.1) is 6.42 Å². The van der Waals surface area contributed by atoms with E-state index in [1.54, 1.807) is 0 Å². The van der Waals surface area contributed by atoms with Crippen molar-refractivity contribution in [1.29, 1.82) is 0 Å². The zero-order chi connectivity index (χ0) is 6.41. The number of allylic oxidation sites excluding steroid dienone is 1. The Kier molecular flexibility index (Phi) is 4.87. The standard InChI is InChI=1S/C6H8IN/c1-3-4-8-6(2)5-7/h1,8H,2,4-5H2. The Hall–Kier alpha value is -0.170. The molecule has 0 aliphatic carbocycles. The smallest absolute Gasteiger partial charge is 0.0760 e. The van der Waals surface area contributed by atoms with Crippen LogP contribution in [0.5, 0.6) is 0 Å². The summed E-state index contributed by atoms with van der Waals surface area (Å²) in [6.45, 7) is 4.28. The molecule has 0 aromatic rings. The molecule has 0 aliphatic heterocycles. The number of terminal acetylenes is 1. The third kappa shape index (κ3) is 4.00. The number of hydrogen-bond acceptors (Lipinski definition) is 1. The molecule has 0 fully saturated rings. The first-order chi connectivity index (χ1) is 3.81. The van der Waals surface area contributed by atoms with Gasteiger partial charge in [-0.1, -0.05) is 35.1 Å². The van der Waals surface area contributed by atoms with Gasteiger partial charge in [-0.3, -0.25) is 0 Å². The molecule has 0 aromatic heterocycles. The molecule has 0 heterocycles. The van der Waals surface area contributed by atoms with Crippen molar-refractivity contribution in [3.8, 4) is 12.3 Å². The summed E-state index contributed by atoms with van der Waals surface area (Å²) in [6.07, 6.45) is 4.98. The highest BCUT2D eigenvalue weighted by Crippen LogP contribution is 1.89. The molecule has 44 valence electrons. The lowest BCUT2D eigenvalue weighted by atomic mass is 10.5. The molecule has 1 N–H and O–H groups in total. The summed E-state index contributed by atoms with van der Waals surface area (Å²) < 4.78 is 0.916. The van der Waals surface area contributed by atoms with Gasteiger partial charge in [-0.25, -0.2) is 0 Å². The first-order valence-corrected chi connectivity index (χ1v) is 3.75. The lowest BCUT2D eigenvalue weighted by molar-refractivity contribution is 0.937. The Bertz CT molecular complexity index is 112. The van der Waals surface area contributed by atoms with Crippen molar-refractivity contribution in [2.45, 2.75) is 0 Å². The van der Waals surface area contributed by atoms with Crippen molar-refractivity contribution < 1.29 is 0 Å². The highest BCUT2D eigenvalue weighted by atomic mass is 127. The molecule has 0 saturated carbocycles. The Morgan fingerprint density at radius 1 is 1.88 bits per heavy atom. The monoisotopic (exact) mass is 221 g/mol. The van der Waals surface area contributed by atoms with E-state index in [0.717, 1.165) is 10.1 Å². The second-order valence-corrected chi connectivity index (χ2v) is 2.06. The lowest BCUT2D eigenvalue weighted by Gasteiger charge is -1.98. The average Bonchev–Trinajstić information content (AvgIpc) is 1.83. The molecule has 0 amide bonds. The summed E-state index contributed by atoms with van der Waals surface area (Å²) in [5.74, 6) is 2.46. The van der Waals surface area contributed by atoms with Crippen LogP contribution in [-0.4, -0.2) is 11.0 Å². The summed E-state index contributed by atoms with van der Waals surface area (Å²) in [4.78, 5) is 0. The summed E-state index contributed by atoms with van der Waals surface area (Å²) >= 11 is 2.22. The molecule has 0 rings (SSSR count). The normalized spacial score (nSPS) is 7.50. The van der Waals surface area contributed by atoms with Gasteiger partial charge >= 0.3 is 0 Å². The van der Waals surface area contributed by atoms with Gasteiger partial charge in [0.25, 0.3) is 0 Å². The summed E-state index contributed by atoms with van der Waals surface area (Å²) in [7, 11) is 0. The quantitative estimate of drug-likeness (QED) is 0.428. The van der Waals surface area contributed by atoms with E-state index < -0.39 is 0 Å². The predicted molar refractivity (Wildman–Crippen MR) is 44.9 cm³/mol. The maximum absolute atomic E-state index is 4.98. The van der Waals surface area contributed by atoms with Crippen molar-refractivity contribution in [2.24, 2.45) is 0 Å². The van der Waals surface area contributed by atoms with Gasteiger partial charge in [0.1, 0.15) is 0 Å². The molecule has 0 spiro atoms. The topological polar surface area (TPSA) is 12.0 Å². The van der Waals surface area contributed by atoms with Crippen molar-refractivity contribution in [3.63, 3.8) is 0 Å². The fourth-order valence-electron chi connectivity index (χ4n) is 0.223. The predicted octanol–water partition coefficient (Wildman–Crippen LogP) is 1.16. The number of halogens is 1. The molecular formula is C6H8IN. The van der Waals surface area contributed by atoms with E-state index in [2.05, 4.69) is 40.4 Å². The minimum absolute atomic E-state index is 0.585. The molecule has 0 unspecified atom stereocenters. The highest BCUT2D eigenvalue weighted by molar-refractivity contribution is 14.1. The van der Waals surface area contributed by atoms with Crippen LogP contribution in [0.25, 0.3) is 0 Å². The fourth-order valence-corrected chi connectivity index (χ4v) is 0.493. The van der Waals surface area contributed by atoms with Crippen LogP contribution in [0.1, 0.15) is 0 Å². The number of rotatable bonds is 3. The summed E-state index contributed by atoms with van der Waals surface area (Å²) in [5.41, 5.74) is 0.989. The first kappa shape index (κ1) is 7.83. The van der Waals surface area contributed by atoms with Crippen LogP contribution in [0, 0.1) is 12.3 Å². The van der Waals surface area contributed by atoms with Gasteiger partial charge in [-0.05, 0) is 0 Å². The minimum Gasteiger partial charge on any atom is -0.377 e. The molecule has 0 bridgehead atoms. The molecule has 8 heavy (non-hydrogen) atoms. The largest absolute Gasteiger partial charge is 0.377 e. The van der Waals surface area contributed by atoms with Crippen LogP contribution < -0.4 is 5.32 Å². The van der Waals surface area contributed by atoms with E-state index in [-0.39, 0.29) is 0 Å². The van der Waals surface area contributed by atoms with E-state index >= 15 is 0 Å². The van der Waals surface area contributed by atoms with Crippen LogP contribution in [0.2, 0.25) is 0 Å². The number of alkyl halides is 1. The SMILES string of the molecule is C#CCNC(=C)CI. The molecular weight excluding hydrogens is 213 g/mol. The van der Waals surface area contributed by atoms with Crippen molar-refractivity contribution in [2.75, 3.05) is 11.0 Å². The Morgan fingerprint density at radius 3 is 2.88 bits per heavy atom. The van der Waals surface area contributed by atoms with Crippen LogP contribution >= 0.6 is 22.6 Å². The molecule has 0 atom stereocenters. The molecule has 0 aliphatic rings. The number of nitrogens with one attached hydrogen (secondary N) is 1. The van der Waals surface area contributed by atoms with Gasteiger partial charge in [-0.2, -0.15) is 0 Å². The van der Waals surface area contributed by atoms with Gasteiger partial charge in [0.2, 0.25) is 0 Å². The minimum atomic E-state index is 0.585. The van der Waals surface area contributed by atoms with Crippen molar-refractivity contribution in [1.82, 2.24) is 5.32 Å². The van der Waals surface area contributed by atoms with Gasteiger partial charge in [0.15, 0.2) is 0 Å². The first-order valence-electron chi connectivity index (χ1n) is 2.22. The van der Waals surface area contributed by atoms with Crippen LogP contribution in [0.3, 0.4) is 0 Å². The Morgan fingerprint density at radius 2 is 2.50 bits per heavy atom. The lowest BCUT2D eigenvalue weighted by Crippen LogP contribution is -2.12. The second kappa shape index (κ2) is 4.98. The molecule has 0 aromatic carbocycles. The van der Waals surface area contributed by atoms with Gasteiger partial charge in [0.05, 0.1) is 6.54 Å². The van der Waals surface area contributed by atoms with Crippen molar-refractivity contribution >= 4 is 22.6 Å². The van der Waals surface area contributed by atoms with Crippen LogP contribution in [0.4, 0.5) is 0 Å².